The second kappa shape index (κ2) is 7.90. The second-order valence-electron chi connectivity index (χ2n) is 8.76. The first-order valence-electron chi connectivity index (χ1n) is 11.1. The van der Waals surface area contributed by atoms with Crippen LogP contribution >= 0.6 is 11.3 Å². The summed E-state index contributed by atoms with van der Waals surface area (Å²) in [5.41, 5.74) is 11.1. The van der Waals surface area contributed by atoms with Gasteiger partial charge >= 0.3 is 0 Å². The molecule has 9 heteroatoms. The molecule has 2 fully saturated rings. The van der Waals surface area contributed by atoms with E-state index in [1.807, 2.05) is 19.4 Å². The minimum atomic E-state index is -1.06. The number of aromatic nitrogens is 4. The molecule has 1 saturated carbocycles. The quantitative estimate of drug-likeness (QED) is 0.478. The van der Waals surface area contributed by atoms with Crippen molar-refractivity contribution in [2.45, 2.75) is 47.5 Å². The highest BCUT2D eigenvalue weighted by Crippen LogP contribution is 2.45. The lowest BCUT2D eigenvalue weighted by molar-refractivity contribution is 0.0856. The first-order valence-corrected chi connectivity index (χ1v) is 13.1. The van der Waals surface area contributed by atoms with Gasteiger partial charge in [0.15, 0.2) is 5.65 Å². The first kappa shape index (κ1) is 20.3. The summed E-state index contributed by atoms with van der Waals surface area (Å²) in [5, 5.41) is 6.58. The monoisotopic (exact) mass is 467 g/mol. The third-order valence-electron chi connectivity index (χ3n) is 6.66. The molecule has 0 bridgehead atoms. The van der Waals surface area contributed by atoms with Gasteiger partial charge in [0.1, 0.15) is 9.04 Å². The van der Waals surface area contributed by atoms with E-state index in [4.69, 9.17) is 15.5 Å². The summed E-state index contributed by atoms with van der Waals surface area (Å²) in [6, 6.07) is 4.25. The van der Waals surface area contributed by atoms with E-state index in [0.29, 0.717) is 11.6 Å². The zero-order chi connectivity index (χ0) is 21.8. The highest BCUT2D eigenvalue weighted by molar-refractivity contribution is 7.88. The predicted octanol–water partition coefficient (Wildman–Crippen LogP) is 4.38. The Labute approximate surface area is 192 Å². The molecule has 166 valence electrons. The van der Waals surface area contributed by atoms with Crippen molar-refractivity contribution in [3.05, 3.63) is 30.1 Å². The molecule has 5 heterocycles. The lowest BCUT2D eigenvalue weighted by atomic mass is 9.89. The van der Waals surface area contributed by atoms with Gasteiger partial charge in [0.25, 0.3) is 0 Å². The van der Waals surface area contributed by atoms with Crippen LogP contribution < -0.4 is 5.73 Å². The molecule has 0 spiro atoms. The number of rotatable bonds is 4. The zero-order valence-corrected chi connectivity index (χ0v) is 19.5. The number of nitrogen functional groups attached to an aromatic ring is 1. The number of hydrogen-bond acceptors (Lipinski definition) is 7. The van der Waals surface area contributed by atoms with Gasteiger partial charge < -0.3 is 10.5 Å². The molecular formula is C23H25N5O2S2. The molecular weight excluding hydrogens is 442 g/mol. The summed E-state index contributed by atoms with van der Waals surface area (Å²) in [6.07, 6.45) is 8.89. The van der Waals surface area contributed by atoms with E-state index in [9.17, 15) is 4.21 Å². The number of nitrogens with zero attached hydrogens (tertiary/aromatic N) is 4. The maximum absolute atomic E-state index is 13.2. The molecule has 0 amide bonds. The molecule has 1 aliphatic heterocycles. The van der Waals surface area contributed by atoms with Gasteiger partial charge in [0.05, 0.1) is 22.2 Å². The minimum Gasteiger partial charge on any atom is -0.396 e. The number of ether oxygens (including phenoxy) is 1. The van der Waals surface area contributed by atoms with Crippen LogP contribution in [0.3, 0.4) is 0 Å². The fourth-order valence-electron chi connectivity index (χ4n) is 4.67. The molecule has 6 rings (SSSR count). The molecule has 4 aromatic rings. The number of nitrogens with two attached hydrogens (primary N) is 1. The van der Waals surface area contributed by atoms with E-state index in [0.717, 1.165) is 82.0 Å². The molecule has 4 aromatic heterocycles. The Kier molecular flexibility index (Phi) is 5.00. The first-order chi connectivity index (χ1) is 15.6. The van der Waals surface area contributed by atoms with Crippen molar-refractivity contribution < 1.29 is 8.95 Å². The molecule has 0 unspecified atom stereocenters. The van der Waals surface area contributed by atoms with Crippen molar-refractivity contribution in [2.75, 3.05) is 18.9 Å². The Morgan fingerprint density at radius 3 is 2.78 bits per heavy atom. The molecule has 0 aromatic carbocycles. The van der Waals surface area contributed by atoms with E-state index in [1.165, 1.54) is 16.9 Å². The summed E-state index contributed by atoms with van der Waals surface area (Å²) in [7, 11) is 0.836. The van der Waals surface area contributed by atoms with Crippen LogP contribution in [0.1, 0.15) is 43.6 Å². The molecule has 2 N–H and O–H groups in total. The van der Waals surface area contributed by atoms with Crippen LogP contribution in [0.2, 0.25) is 0 Å². The summed E-state index contributed by atoms with van der Waals surface area (Å²) in [6.45, 7) is 1.50. The van der Waals surface area contributed by atoms with E-state index >= 15 is 0 Å². The van der Waals surface area contributed by atoms with Crippen molar-refractivity contribution in [1.29, 1.82) is 0 Å². The van der Waals surface area contributed by atoms with Crippen molar-refractivity contribution in [3.8, 4) is 11.3 Å². The third-order valence-corrected chi connectivity index (χ3v) is 9.96. The fourth-order valence-corrected chi connectivity index (χ4v) is 7.88. The van der Waals surface area contributed by atoms with Gasteiger partial charge in [-0.3, -0.25) is 8.89 Å². The topological polar surface area (TPSA) is 95.9 Å². The Balaban J connectivity index is 1.53. The van der Waals surface area contributed by atoms with Crippen LogP contribution in [-0.2, 0) is 22.6 Å². The Morgan fingerprint density at radius 2 is 2.03 bits per heavy atom. The summed E-state index contributed by atoms with van der Waals surface area (Å²) in [5.74, 6) is 0.352. The van der Waals surface area contributed by atoms with Gasteiger partial charge in [-0.25, -0.2) is 9.97 Å². The SMILES string of the molecule is Cn1cc2cc(-c3cc(C4CCOCC4)c4c(N)c([S@](=O)C5CCC5)sc4n3)cnc2n1. The van der Waals surface area contributed by atoms with Crippen molar-refractivity contribution >= 4 is 49.1 Å². The highest BCUT2D eigenvalue weighted by atomic mass is 32.2. The smallest absolute Gasteiger partial charge is 0.181 e. The molecule has 1 atom stereocenters. The largest absolute Gasteiger partial charge is 0.396 e. The van der Waals surface area contributed by atoms with Crippen LogP contribution in [0.15, 0.2) is 28.7 Å². The van der Waals surface area contributed by atoms with Crippen LogP contribution in [0.4, 0.5) is 5.69 Å². The normalized spacial score (nSPS) is 18.9. The van der Waals surface area contributed by atoms with E-state index in [2.05, 4.69) is 22.2 Å². The Morgan fingerprint density at radius 1 is 1.22 bits per heavy atom. The van der Waals surface area contributed by atoms with Crippen LogP contribution in [-0.4, -0.2) is 42.4 Å². The molecule has 1 saturated heterocycles. The Bertz CT molecular complexity index is 1350. The number of hydrogen-bond donors (Lipinski definition) is 1. The average Bonchev–Trinajstić information content (AvgIpc) is 3.30. The number of anilines is 1. The van der Waals surface area contributed by atoms with Gasteiger partial charge in [-0.1, -0.05) is 6.42 Å². The lowest BCUT2D eigenvalue weighted by Crippen LogP contribution is -2.23. The van der Waals surface area contributed by atoms with Crippen LogP contribution in [0.5, 0.6) is 0 Å². The van der Waals surface area contributed by atoms with Gasteiger partial charge in [-0.2, -0.15) is 5.10 Å². The minimum absolute atomic E-state index is 0.230. The summed E-state index contributed by atoms with van der Waals surface area (Å²) >= 11 is 1.50. The van der Waals surface area contributed by atoms with E-state index in [1.54, 1.807) is 4.68 Å². The number of pyridine rings is 2. The summed E-state index contributed by atoms with van der Waals surface area (Å²) < 4.78 is 21.4. The van der Waals surface area contributed by atoms with Gasteiger partial charge in [-0.15, -0.1) is 11.3 Å². The van der Waals surface area contributed by atoms with Crippen molar-refractivity contribution in [1.82, 2.24) is 19.7 Å². The van der Waals surface area contributed by atoms with Gasteiger partial charge in [0, 0.05) is 54.2 Å². The molecule has 0 radical (unpaired) electrons. The molecule has 1 aliphatic carbocycles. The summed E-state index contributed by atoms with van der Waals surface area (Å²) in [4.78, 5) is 10.4. The van der Waals surface area contributed by atoms with Crippen molar-refractivity contribution in [3.63, 3.8) is 0 Å². The fraction of sp³-hybridized carbons (Fsp3) is 0.435. The maximum atomic E-state index is 13.2. The average molecular weight is 468 g/mol. The van der Waals surface area contributed by atoms with Crippen molar-refractivity contribution in [2.24, 2.45) is 7.05 Å². The molecule has 32 heavy (non-hydrogen) atoms. The van der Waals surface area contributed by atoms with E-state index in [-0.39, 0.29) is 5.25 Å². The highest BCUT2D eigenvalue weighted by Gasteiger charge is 2.30. The lowest BCUT2D eigenvalue weighted by Gasteiger charge is -2.24. The number of fused-ring (bicyclic) bond motifs is 2. The predicted molar refractivity (Wildman–Crippen MR) is 128 cm³/mol. The zero-order valence-electron chi connectivity index (χ0n) is 17.9. The van der Waals surface area contributed by atoms with Gasteiger partial charge in [-0.05, 0) is 49.3 Å². The maximum Gasteiger partial charge on any atom is 0.181 e. The second-order valence-corrected chi connectivity index (χ2v) is 11.7. The Hall–Kier alpha value is -2.36. The van der Waals surface area contributed by atoms with E-state index < -0.39 is 10.8 Å². The number of thiophene rings is 1. The third kappa shape index (κ3) is 3.34. The molecule has 2 aliphatic rings. The molecule has 7 nitrogen and oxygen atoms in total. The standard InChI is InChI=1S/C23H25N5O2S2/c1-28-12-15-9-14(11-25-21(15)27-28)18-10-17(13-5-7-30-8-6-13)19-20(24)23(31-22(19)26-18)32(29)16-3-2-4-16/h9-13,16H,2-8,24H2,1H3/t32-/m1/s1. The van der Waals surface area contributed by atoms with Crippen LogP contribution in [0, 0.1) is 0 Å². The van der Waals surface area contributed by atoms with Gasteiger partial charge in [0.2, 0.25) is 0 Å². The number of aryl methyl sites for hydroxylation is 1. The van der Waals surface area contributed by atoms with Crippen LogP contribution in [0.25, 0.3) is 32.5 Å².